The first kappa shape index (κ1) is 14.0. The van der Waals surface area contributed by atoms with E-state index in [1.807, 2.05) is 11.3 Å². The monoisotopic (exact) mass is 266 g/mol. The lowest BCUT2D eigenvalue weighted by Gasteiger charge is -2.34. The van der Waals surface area contributed by atoms with Crippen molar-refractivity contribution in [2.24, 2.45) is 5.92 Å². The van der Waals surface area contributed by atoms with E-state index in [1.54, 1.807) is 0 Å². The van der Waals surface area contributed by atoms with Crippen LogP contribution < -0.4 is 5.32 Å². The summed E-state index contributed by atoms with van der Waals surface area (Å²) < 4.78 is 0. The summed E-state index contributed by atoms with van der Waals surface area (Å²) in [5, 5.41) is 7.97. The van der Waals surface area contributed by atoms with Crippen LogP contribution in [-0.2, 0) is 0 Å². The molecule has 1 aliphatic heterocycles. The van der Waals surface area contributed by atoms with Gasteiger partial charge in [0.05, 0.1) is 0 Å². The van der Waals surface area contributed by atoms with Crippen molar-refractivity contribution < 1.29 is 0 Å². The molecule has 1 aromatic rings. The van der Waals surface area contributed by atoms with Crippen molar-refractivity contribution in [3.05, 3.63) is 22.4 Å². The Labute approximate surface area is 115 Å². The molecule has 1 aliphatic rings. The molecule has 2 heterocycles. The van der Waals surface area contributed by atoms with E-state index in [9.17, 15) is 0 Å². The third kappa shape index (κ3) is 3.34. The van der Waals surface area contributed by atoms with Gasteiger partial charge >= 0.3 is 0 Å². The average Bonchev–Trinajstić information content (AvgIpc) is 2.81. The minimum Gasteiger partial charge on any atom is -0.319 e. The minimum atomic E-state index is 0.631. The normalized spacial score (nSPS) is 26.1. The molecule has 2 atom stereocenters. The zero-order valence-corrected chi connectivity index (χ0v) is 12.5. The maximum absolute atomic E-state index is 3.40. The van der Waals surface area contributed by atoms with Gasteiger partial charge in [-0.1, -0.05) is 13.3 Å². The highest BCUT2D eigenvalue weighted by Gasteiger charge is 2.30. The number of rotatable bonds is 5. The summed E-state index contributed by atoms with van der Waals surface area (Å²) in [5.41, 5.74) is 1.54. The molecule has 102 valence electrons. The Bertz CT molecular complexity index is 307. The molecule has 3 heteroatoms. The molecule has 1 fully saturated rings. The topological polar surface area (TPSA) is 15.3 Å². The first-order chi connectivity index (χ1) is 8.86. The van der Waals surface area contributed by atoms with E-state index in [-0.39, 0.29) is 0 Å². The van der Waals surface area contributed by atoms with E-state index >= 15 is 0 Å². The van der Waals surface area contributed by atoms with Gasteiger partial charge in [-0.05, 0) is 74.3 Å². The Morgan fingerprint density at radius 2 is 2.33 bits per heavy atom. The third-order valence-electron chi connectivity index (χ3n) is 3.97. The maximum Gasteiger partial charge on any atom is 0.0396 e. The summed E-state index contributed by atoms with van der Waals surface area (Å²) in [5.74, 6) is 0.763. The first-order valence-electron chi connectivity index (χ1n) is 7.27. The predicted molar refractivity (Wildman–Crippen MR) is 80.2 cm³/mol. The van der Waals surface area contributed by atoms with Crippen LogP contribution in [0.1, 0.15) is 44.2 Å². The van der Waals surface area contributed by atoms with Gasteiger partial charge in [-0.15, -0.1) is 0 Å². The number of likely N-dealkylation sites (tertiary alicyclic amines) is 1. The lowest BCUT2D eigenvalue weighted by atomic mass is 9.90. The van der Waals surface area contributed by atoms with Crippen molar-refractivity contribution in [1.29, 1.82) is 0 Å². The van der Waals surface area contributed by atoms with Gasteiger partial charge in [0, 0.05) is 6.04 Å². The van der Waals surface area contributed by atoms with Crippen molar-refractivity contribution in [3.8, 4) is 0 Å². The number of nitrogens with one attached hydrogen (secondary N) is 1. The molecular formula is C15H26N2S. The van der Waals surface area contributed by atoms with Crippen LogP contribution in [0.15, 0.2) is 16.8 Å². The lowest BCUT2D eigenvalue weighted by Crippen LogP contribution is -2.36. The molecule has 0 amide bonds. The third-order valence-corrected chi connectivity index (χ3v) is 4.67. The van der Waals surface area contributed by atoms with E-state index in [2.05, 4.69) is 41.0 Å². The summed E-state index contributed by atoms with van der Waals surface area (Å²) in [6, 6.07) is 2.96. The average molecular weight is 266 g/mol. The number of nitrogens with zero attached hydrogens (tertiary/aromatic N) is 1. The fourth-order valence-corrected chi connectivity index (χ4v) is 3.95. The molecule has 1 N–H and O–H groups in total. The summed E-state index contributed by atoms with van der Waals surface area (Å²) in [4.78, 5) is 2.72. The van der Waals surface area contributed by atoms with Gasteiger partial charge in [0.15, 0.2) is 0 Å². The molecule has 0 saturated carbocycles. The second kappa shape index (κ2) is 7.27. The summed E-state index contributed by atoms with van der Waals surface area (Å²) in [7, 11) is 2.08. The zero-order valence-electron chi connectivity index (χ0n) is 11.7. The van der Waals surface area contributed by atoms with Crippen LogP contribution in [0.25, 0.3) is 0 Å². The second-order valence-corrected chi connectivity index (χ2v) is 6.13. The Kier molecular flexibility index (Phi) is 5.67. The Hall–Kier alpha value is -0.380. The van der Waals surface area contributed by atoms with Crippen molar-refractivity contribution in [2.45, 2.75) is 38.6 Å². The predicted octanol–water partition coefficient (Wildman–Crippen LogP) is 3.52. The van der Waals surface area contributed by atoms with E-state index < -0.39 is 0 Å². The standard InChI is InChI=1S/C15H26N2S/c1-3-8-17-9-5-4-6-13(11-16-2)15(17)14-7-10-18-12-14/h7,10,12-13,15-16H,3-6,8-9,11H2,1-2H3. The number of hydrogen-bond donors (Lipinski definition) is 1. The van der Waals surface area contributed by atoms with Gasteiger partial charge in [-0.25, -0.2) is 0 Å². The molecular weight excluding hydrogens is 240 g/mol. The number of thiophene rings is 1. The van der Waals surface area contributed by atoms with Crippen molar-refractivity contribution in [2.75, 3.05) is 26.7 Å². The van der Waals surface area contributed by atoms with Crippen LogP contribution in [0.4, 0.5) is 0 Å². The number of hydrogen-bond acceptors (Lipinski definition) is 3. The molecule has 0 bridgehead atoms. The van der Waals surface area contributed by atoms with E-state index in [0.29, 0.717) is 6.04 Å². The van der Waals surface area contributed by atoms with Crippen LogP contribution in [0.2, 0.25) is 0 Å². The van der Waals surface area contributed by atoms with Crippen LogP contribution in [-0.4, -0.2) is 31.6 Å². The molecule has 0 aromatic carbocycles. The van der Waals surface area contributed by atoms with E-state index in [4.69, 9.17) is 0 Å². The van der Waals surface area contributed by atoms with Gasteiger partial charge in [0.1, 0.15) is 0 Å². The van der Waals surface area contributed by atoms with Crippen molar-refractivity contribution in [3.63, 3.8) is 0 Å². The Morgan fingerprint density at radius 1 is 1.44 bits per heavy atom. The van der Waals surface area contributed by atoms with Gasteiger partial charge in [-0.3, -0.25) is 4.90 Å². The van der Waals surface area contributed by atoms with Crippen LogP contribution >= 0.6 is 11.3 Å². The summed E-state index contributed by atoms with van der Waals surface area (Å²) in [6.45, 7) is 5.94. The highest BCUT2D eigenvalue weighted by Crippen LogP contribution is 2.35. The zero-order chi connectivity index (χ0) is 12.8. The van der Waals surface area contributed by atoms with Crippen LogP contribution in [0.3, 0.4) is 0 Å². The second-order valence-electron chi connectivity index (χ2n) is 5.35. The fraction of sp³-hybridized carbons (Fsp3) is 0.733. The molecule has 0 radical (unpaired) electrons. The molecule has 1 saturated heterocycles. The van der Waals surface area contributed by atoms with Crippen molar-refractivity contribution >= 4 is 11.3 Å². The van der Waals surface area contributed by atoms with E-state index in [1.165, 1.54) is 44.3 Å². The summed E-state index contributed by atoms with van der Waals surface area (Å²) >= 11 is 1.83. The lowest BCUT2D eigenvalue weighted by molar-refractivity contribution is 0.155. The van der Waals surface area contributed by atoms with Gasteiger partial charge < -0.3 is 5.32 Å². The first-order valence-corrected chi connectivity index (χ1v) is 8.21. The quantitative estimate of drug-likeness (QED) is 0.877. The largest absolute Gasteiger partial charge is 0.319 e. The molecule has 2 nitrogen and oxygen atoms in total. The molecule has 0 spiro atoms. The molecule has 2 unspecified atom stereocenters. The highest BCUT2D eigenvalue weighted by atomic mass is 32.1. The Balaban J connectivity index is 2.21. The summed E-state index contributed by atoms with van der Waals surface area (Å²) in [6.07, 6.45) is 5.36. The van der Waals surface area contributed by atoms with Crippen LogP contribution in [0.5, 0.6) is 0 Å². The molecule has 0 aliphatic carbocycles. The smallest absolute Gasteiger partial charge is 0.0396 e. The minimum absolute atomic E-state index is 0.631. The van der Waals surface area contributed by atoms with E-state index in [0.717, 1.165) is 12.5 Å². The maximum atomic E-state index is 3.40. The van der Waals surface area contributed by atoms with Crippen LogP contribution in [0, 0.1) is 5.92 Å². The fourth-order valence-electron chi connectivity index (χ4n) is 3.26. The molecule has 2 rings (SSSR count). The molecule has 18 heavy (non-hydrogen) atoms. The SMILES string of the molecule is CCCN1CCCCC(CNC)C1c1ccsc1. The Morgan fingerprint density at radius 3 is 3.00 bits per heavy atom. The van der Waals surface area contributed by atoms with Gasteiger partial charge in [-0.2, -0.15) is 11.3 Å². The van der Waals surface area contributed by atoms with Crippen molar-refractivity contribution in [1.82, 2.24) is 10.2 Å². The van der Waals surface area contributed by atoms with Gasteiger partial charge in [0.25, 0.3) is 0 Å². The molecule has 1 aromatic heterocycles. The highest BCUT2D eigenvalue weighted by molar-refractivity contribution is 7.07. The van der Waals surface area contributed by atoms with Gasteiger partial charge in [0.2, 0.25) is 0 Å².